The molecular weight excluding hydrogens is 689 g/mol. The second-order valence-corrected chi connectivity index (χ2v) is 44.0. The Hall–Kier alpha value is 1.27. The van der Waals surface area contributed by atoms with E-state index in [0.29, 0.717) is 12.1 Å². The van der Waals surface area contributed by atoms with Gasteiger partial charge in [-0.3, -0.25) is 0 Å². The van der Waals surface area contributed by atoms with E-state index in [9.17, 15) is 0 Å². The van der Waals surface area contributed by atoms with Crippen LogP contribution < -0.4 is 8.17 Å². The van der Waals surface area contributed by atoms with E-state index in [2.05, 4.69) is 114 Å². The third kappa shape index (κ3) is 7.67. The molecule has 1 saturated carbocycles. The summed E-state index contributed by atoms with van der Waals surface area (Å²) in [6.07, 6.45) is 5.25. The normalized spacial score (nSPS) is 20.8. The number of halogens is 2. The quantitative estimate of drug-likeness (QED) is 0.340. The molecule has 1 aliphatic carbocycles. The molecule has 0 aromatic heterocycles. The van der Waals surface area contributed by atoms with Crippen LogP contribution in [0.2, 0.25) is 0 Å². The van der Waals surface area contributed by atoms with E-state index in [0.717, 1.165) is 6.54 Å². The van der Waals surface area contributed by atoms with Crippen LogP contribution in [-0.2, 0) is 17.4 Å². The van der Waals surface area contributed by atoms with Gasteiger partial charge in [-0.15, -0.1) is 0 Å². The summed E-state index contributed by atoms with van der Waals surface area (Å²) in [4.78, 5) is 2.41. The molecule has 0 saturated heterocycles. The molecule has 29 heavy (non-hydrogen) atoms. The van der Waals surface area contributed by atoms with Gasteiger partial charge < -0.3 is 0 Å². The van der Waals surface area contributed by atoms with Gasteiger partial charge in [-0.2, -0.15) is 0 Å². The summed E-state index contributed by atoms with van der Waals surface area (Å²) in [6.45, 7) is 14.8. The van der Waals surface area contributed by atoms with Crippen LogP contribution in [0.15, 0.2) is 12.1 Å². The van der Waals surface area contributed by atoms with Gasteiger partial charge in [0.1, 0.15) is 0 Å². The zero-order valence-corrected chi connectivity index (χ0v) is 27.1. The van der Waals surface area contributed by atoms with Gasteiger partial charge in [0.25, 0.3) is 0 Å². The summed E-state index contributed by atoms with van der Waals surface area (Å²) in [6, 6.07) is 6.00. The van der Waals surface area contributed by atoms with Crippen LogP contribution in [0.3, 0.4) is 0 Å². The molecule has 1 aliphatic rings. The predicted molar refractivity (Wildman–Crippen MR) is 145 cm³/mol. The third-order valence-corrected chi connectivity index (χ3v) is 10.6. The van der Waals surface area contributed by atoms with E-state index in [4.69, 9.17) is 2.85 Å². The summed E-state index contributed by atoms with van der Waals surface area (Å²) in [7, 11) is 4.45. The van der Waals surface area contributed by atoms with E-state index in [1.54, 1.807) is 0 Å². The Kier molecular flexibility index (Phi) is 9.99. The number of rotatable bonds is 6. The Morgan fingerprint density at radius 3 is 2.17 bits per heavy atom. The minimum absolute atomic E-state index is 0.0659. The molecule has 1 fully saturated rings. The van der Waals surface area contributed by atoms with Crippen molar-refractivity contribution in [3.05, 3.63) is 28.8 Å². The number of hydrogen-bond acceptors (Lipinski definition) is 3. The first kappa shape index (κ1) is 26.5. The van der Waals surface area contributed by atoms with Gasteiger partial charge in [0.15, 0.2) is 0 Å². The van der Waals surface area contributed by atoms with E-state index >= 15 is 0 Å². The van der Waals surface area contributed by atoms with Crippen LogP contribution in [-0.4, -0.2) is 44.6 Å². The van der Waals surface area contributed by atoms with E-state index in [1.807, 2.05) is 0 Å². The molecule has 0 bridgehead atoms. The van der Waals surface area contributed by atoms with Crippen molar-refractivity contribution in [2.75, 3.05) is 14.1 Å². The van der Waals surface area contributed by atoms with Crippen LogP contribution >= 0.6 is 36.3 Å². The Labute approximate surface area is 206 Å². The van der Waals surface area contributed by atoms with Gasteiger partial charge >= 0.3 is 208 Å². The molecule has 6 heteroatoms. The standard InChI is InChI=1S/C23H40N2O.2HI.In/c1-22(2,3)17-13-16(21(26)18(14-17)23(4,5)6)15-24-19-11-9-10-12-20(19)25(7)8;;;/h13-14,19-20,24,26H,9-12,15H2,1-8H3;2*1H;/q;;;+3/p-3/t19?,20-;;;/m0.../s1. The summed E-state index contributed by atoms with van der Waals surface area (Å²) in [5.41, 5.74) is 4.32. The average Bonchev–Trinajstić information content (AvgIpc) is 2.58. The third-order valence-electron chi connectivity index (χ3n) is 5.99. The molecule has 2 rings (SSSR count). The zero-order valence-electron chi connectivity index (χ0n) is 19.5. The first-order valence-electron chi connectivity index (χ1n) is 10.8. The van der Waals surface area contributed by atoms with Crippen molar-refractivity contribution in [1.82, 2.24) is 10.2 Å². The zero-order chi connectivity index (χ0) is 22.0. The number of nitrogens with zero attached hydrogens (tertiary/aromatic N) is 1. The molecule has 164 valence electrons. The molecule has 3 nitrogen and oxygen atoms in total. The maximum absolute atomic E-state index is 6.62. The SMILES string of the molecule is CN(C)[C@H]1CCCCC1NCc1cc(C(C)(C)C)cc(C(C)(C)C)c1[O][In]([I])[I]. The van der Waals surface area contributed by atoms with Crippen molar-refractivity contribution >= 4 is 49.8 Å². The number of benzene rings is 1. The van der Waals surface area contributed by atoms with Gasteiger partial charge in [-0.1, -0.05) is 0 Å². The van der Waals surface area contributed by atoms with Crippen molar-refractivity contribution in [3.63, 3.8) is 0 Å². The van der Waals surface area contributed by atoms with Gasteiger partial charge in [-0.05, 0) is 0 Å². The first-order chi connectivity index (χ1) is 13.3. The van der Waals surface area contributed by atoms with Gasteiger partial charge in [0.2, 0.25) is 0 Å². The Balaban J connectivity index is 2.44. The van der Waals surface area contributed by atoms with Crippen molar-refractivity contribution in [1.29, 1.82) is 0 Å². The Bertz CT molecular complexity index is 681. The van der Waals surface area contributed by atoms with E-state index in [-0.39, 0.29) is 10.8 Å². The van der Waals surface area contributed by atoms with Gasteiger partial charge in [0, 0.05) is 0 Å². The number of hydrogen-bond donors (Lipinski definition) is 1. The van der Waals surface area contributed by atoms with Crippen LogP contribution in [0.4, 0.5) is 0 Å². The Morgan fingerprint density at radius 1 is 1.03 bits per heavy atom. The molecule has 1 aromatic carbocycles. The molecule has 0 spiro atoms. The second-order valence-electron chi connectivity index (χ2n) is 10.7. The first-order valence-corrected chi connectivity index (χ1v) is 31.4. The van der Waals surface area contributed by atoms with Crippen molar-refractivity contribution < 1.29 is 2.85 Å². The second kappa shape index (κ2) is 10.9. The summed E-state index contributed by atoms with van der Waals surface area (Å²) >= 11 is 3.16. The maximum atomic E-state index is 6.62. The molecular formula is C23H39I2InN2O. The topological polar surface area (TPSA) is 24.5 Å². The summed E-state index contributed by atoms with van der Waals surface area (Å²) in [5, 5.41) is 3.94. The fraction of sp³-hybridized carbons (Fsp3) is 0.739. The van der Waals surface area contributed by atoms with Crippen LogP contribution in [0, 0.1) is 0 Å². The Morgan fingerprint density at radius 2 is 1.66 bits per heavy atom. The van der Waals surface area contributed by atoms with Crippen LogP contribution in [0.1, 0.15) is 83.9 Å². The van der Waals surface area contributed by atoms with Crippen LogP contribution in [0.25, 0.3) is 0 Å². The van der Waals surface area contributed by atoms with Crippen molar-refractivity contribution in [3.8, 4) is 5.75 Å². The number of likely N-dealkylation sites (N-methyl/N-ethyl adjacent to an activating group) is 1. The summed E-state index contributed by atoms with van der Waals surface area (Å²) in [5.74, 6) is 1.17. The molecule has 1 N–H and O–H groups in total. The molecule has 0 aliphatic heterocycles. The van der Waals surface area contributed by atoms with Crippen molar-refractivity contribution in [2.45, 2.75) is 96.7 Å². The molecule has 0 heterocycles. The molecule has 2 atom stereocenters. The molecule has 0 radical (unpaired) electrons. The monoisotopic (exact) mass is 728 g/mol. The molecule has 0 amide bonds. The van der Waals surface area contributed by atoms with Gasteiger partial charge in [0.05, 0.1) is 0 Å². The van der Waals surface area contributed by atoms with Crippen LogP contribution in [0.5, 0.6) is 5.75 Å². The fourth-order valence-corrected chi connectivity index (χ4v) is 8.96. The number of nitrogens with one attached hydrogen (secondary N) is 1. The minimum atomic E-state index is -1.97. The molecule has 1 aromatic rings. The fourth-order valence-electron chi connectivity index (χ4n) is 4.25. The van der Waals surface area contributed by atoms with E-state index in [1.165, 1.54) is 48.1 Å². The average molecular weight is 728 g/mol. The van der Waals surface area contributed by atoms with E-state index < -0.39 is 13.6 Å². The predicted octanol–water partition coefficient (Wildman–Crippen LogP) is 6.48. The summed E-state index contributed by atoms with van der Waals surface area (Å²) < 4.78 is 6.62. The molecule has 1 unspecified atom stereocenters. The van der Waals surface area contributed by atoms with Crippen molar-refractivity contribution in [2.24, 2.45) is 0 Å². The van der Waals surface area contributed by atoms with Gasteiger partial charge in [-0.25, -0.2) is 0 Å².